The van der Waals surface area contributed by atoms with Crippen molar-refractivity contribution in [3.63, 3.8) is 0 Å². The maximum Gasteiger partial charge on any atom is 0.412 e. The van der Waals surface area contributed by atoms with Crippen molar-refractivity contribution in [2.24, 2.45) is 0 Å². The number of aromatic nitrogens is 3. The first-order valence-electron chi connectivity index (χ1n) is 9.36. The average Bonchev–Trinajstić information content (AvgIpc) is 3.27. The Morgan fingerprint density at radius 1 is 1.41 bits per heavy atom. The number of hydrogen-bond acceptors (Lipinski definition) is 6. The van der Waals surface area contributed by atoms with E-state index in [4.69, 9.17) is 21.1 Å². The first-order chi connectivity index (χ1) is 13.1. The van der Waals surface area contributed by atoms with Crippen molar-refractivity contribution in [2.45, 2.75) is 57.8 Å². The summed E-state index contributed by atoms with van der Waals surface area (Å²) in [5.41, 5.74) is 0.567. The number of ether oxygens (including phenoxy) is 2. The fourth-order valence-electron chi connectivity index (χ4n) is 3.19. The van der Waals surface area contributed by atoms with Gasteiger partial charge in [0.2, 0.25) is 5.28 Å². The van der Waals surface area contributed by atoms with E-state index in [0.29, 0.717) is 23.5 Å². The Bertz CT molecular complexity index is 782. The second-order valence-electron chi connectivity index (χ2n) is 6.60. The number of aliphatic hydroxyl groups excluding tert-OH is 1. The molecular weight excluding hydrogens is 372 g/mol. The van der Waals surface area contributed by atoms with E-state index in [0.717, 1.165) is 38.5 Å². The van der Waals surface area contributed by atoms with Crippen LogP contribution in [0.5, 0.6) is 0 Å². The highest BCUT2D eigenvalue weighted by Crippen LogP contribution is 2.33. The van der Waals surface area contributed by atoms with Gasteiger partial charge < -0.3 is 19.1 Å². The molecule has 9 heteroatoms. The first-order valence-corrected chi connectivity index (χ1v) is 9.74. The van der Waals surface area contributed by atoms with Crippen LogP contribution in [0.25, 0.3) is 11.0 Å². The summed E-state index contributed by atoms with van der Waals surface area (Å²) >= 11 is 6.05. The topological polar surface area (TPSA) is 98.5 Å². The van der Waals surface area contributed by atoms with E-state index in [1.807, 2.05) is 10.8 Å². The molecule has 1 fully saturated rings. The molecule has 1 amide bonds. The maximum atomic E-state index is 12.0. The molecule has 0 saturated carbocycles. The average molecular weight is 397 g/mol. The SMILES string of the molecule is CCCCCCOC(=O)Nc1nc(Cl)nc2c1ccn2[C@H]1CC[C@@H](CO)O1. The van der Waals surface area contributed by atoms with Gasteiger partial charge in [0, 0.05) is 6.20 Å². The van der Waals surface area contributed by atoms with Crippen molar-refractivity contribution >= 4 is 34.5 Å². The minimum absolute atomic E-state index is 0.0116. The summed E-state index contributed by atoms with van der Waals surface area (Å²) < 4.78 is 12.9. The molecule has 0 unspecified atom stereocenters. The highest BCUT2D eigenvalue weighted by atomic mass is 35.5. The van der Waals surface area contributed by atoms with Gasteiger partial charge in [-0.2, -0.15) is 9.97 Å². The number of anilines is 1. The molecule has 0 bridgehead atoms. The lowest BCUT2D eigenvalue weighted by Crippen LogP contribution is -2.16. The number of unbranched alkanes of at least 4 members (excludes halogenated alkanes) is 3. The van der Waals surface area contributed by atoms with Gasteiger partial charge in [-0.05, 0) is 36.9 Å². The van der Waals surface area contributed by atoms with Crippen LogP contribution >= 0.6 is 11.6 Å². The maximum absolute atomic E-state index is 12.0. The predicted molar refractivity (Wildman–Crippen MR) is 102 cm³/mol. The van der Waals surface area contributed by atoms with Crippen molar-refractivity contribution in [1.82, 2.24) is 14.5 Å². The molecule has 1 aliphatic rings. The normalized spacial score (nSPS) is 19.5. The number of aliphatic hydroxyl groups is 1. The quantitative estimate of drug-likeness (QED) is 0.519. The predicted octanol–water partition coefficient (Wildman–Crippen LogP) is 3.88. The second-order valence-corrected chi connectivity index (χ2v) is 6.93. The van der Waals surface area contributed by atoms with Gasteiger partial charge in [0.15, 0.2) is 0 Å². The van der Waals surface area contributed by atoms with Crippen LogP contribution in [0.3, 0.4) is 0 Å². The lowest BCUT2D eigenvalue weighted by molar-refractivity contribution is -0.0204. The van der Waals surface area contributed by atoms with Crippen LogP contribution in [0.15, 0.2) is 12.3 Å². The van der Waals surface area contributed by atoms with E-state index in [2.05, 4.69) is 22.2 Å². The molecule has 0 aliphatic carbocycles. The molecule has 0 spiro atoms. The summed E-state index contributed by atoms with van der Waals surface area (Å²) in [5.74, 6) is 0.305. The van der Waals surface area contributed by atoms with Gasteiger partial charge in [0.25, 0.3) is 0 Å². The molecule has 8 nitrogen and oxygen atoms in total. The van der Waals surface area contributed by atoms with Gasteiger partial charge >= 0.3 is 6.09 Å². The van der Waals surface area contributed by atoms with Gasteiger partial charge in [0.05, 0.1) is 24.7 Å². The van der Waals surface area contributed by atoms with E-state index >= 15 is 0 Å². The summed E-state index contributed by atoms with van der Waals surface area (Å²) in [5, 5.41) is 12.6. The molecule has 3 rings (SSSR count). The molecule has 148 valence electrons. The van der Waals surface area contributed by atoms with Crippen molar-refractivity contribution in [1.29, 1.82) is 0 Å². The van der Waals surface area contributed by atoms with Crippen LogP contribution < -0.4 is 5.32 Å². The van der Waals surface area contributed by atoms with Crippen molar-refractivity contribution in [3.05, 3.63) is 17.5 Å². The molecule has 2 N–H and O–H groups in total. The number of carbonyl (C=O) groups excluding carboxylic acids is 1. The van der Waals surface area contributed by atoms with Gasteiger partial charge in [-0.15, -0.1) is 0 Å². The largest absolute Gasteiger partial charge is 0.449 e. The van der Waals surface area contributed by atoms with Crippen LogP contribution in [0, 0.1) is 0 Å². The van der Waals surface area contributed by atoms with E-state index < -0.39 is 6.09 Å². The molecule has 0 radical (unpaired) electrons. The number of halogens is 1. The number of carbonyl (C=O) groups is 1. The molecule has 1 saturated heterocycles. The van der Waals surface area contributed by atoms with Crippen molar-refractivity contribution < 1.29 is 19.4 Å². The summed E-state index contributed by atoms with van der Waals surface area (Å²) in [7, 11) is 0. The molecule has 2 aromatic heterocycles. The molecule has 2 atom stereocenters. The highest BCUT2D eigenvalue weighted by Gasteiger charge is 2.27. The van der Waals surface area contributed by atoms with Crippen molar-refractivity contribution in [2.75, 3.05) is 18.5 Å². The van der Waals surface area contributed by atoms with Crippen LogP contribution in [0.2, 0.25) is 5.28 Å². The molecule has 3 heterocycles. The number of nitrogens with zero attached hydrogens (tertiary/aromatic N) is 3. The minimum Gasteiger partial charge on any atom is -0.449 e. The third-order valence-electron chi connectivity index (χ3n) is 4.60. The van der Waals surface area contributed by atoms with Gasteiger partial charge in [-0.25, -0.2) is 4.79 Å². The number of amides is 1. The third-order valence-corrected chi connectivity index (χ3v) is 4.76. The lowest BCUT2D eigenvalue weighted by atomic mass is 10.2. The third kappa shape index (κ3) is 4.88. The van der Waals surface area contributed by atoms with Crippen LogP contribution in [-0.2, 0) is 9.47 Å². The number of fused-ring (bicyclic) bond motifs is 1. The molecule has 2 aromatic rings. The Labute approximate surface area is 162 Å². The fraction of sp³-hybridized carbons (Fsp3) is 0.611. The molecule has 27 heavy (non-hydrogen) atoms. The summed E-state index contributed by atoms with van der Waals surface area (Å²) in [6.07, 6.45) is 6.51. The van der Waals surface area contributed by atoms with Crippen LogP contribution in [0.4, 0.5) is 10.6 Å². The Morgan fingerprint density at radius 3 is 3.00 bits per heavy atom. The number of hydrogen-bond donors (Lipinski definition) is 2. The van der Waals surface area contributed by atoms with Crippen molar-refractivity contribution in [3.8, 4) is 0 Å². The summed E-state index contributed by atoms with van der Waals surface area (Å²) in [6, 6.07) is 1.80. The zero-order chi connectivity index (χ0) is 19.2. The van der Waals surface area contributed by atoms with E-state index in [1.165, 1.54) is 0 Å². The highest BCUT2D eigenvalue weighted by molar-refractivity contribution is 6.28. The van der Waals surface area contributed by atoms with Gasteiger partial charge in [-0.3, -0.25) is 5.32 Å². The van der Waals surface area contributed by atoms with E-state index in [9.17, 15) is 9.90 Å². The Kier molecular flexibility index (Phi) is 6.87. The monoisotopic (exact) mass is 396 g/mol. The molecular formula is C18H25ClN4O4. The zero-order valence-electron chi connectivity index (χ0n) is 15.4. The smallest absolute Gasteiger partial charge is 0.412 e. The van der Waals surface area contributed by atoms with Gasteiger partial charge in [0.1, 0.15) is 17.7 Å². The van der Waals surface area contributed by atoms with E-state index in [-0.39, 0.29) is 24.2 Å². The minimum atomic E-state index is -0.562. The fourth-order valence-corrected chi connectivity index (χ4v) is 3.35. The lowest BCUT2D eigenvalue weighted by Gasteiger charge is -2.15. The Balaban J connectivity index is 1.70. The summed E-state index contributed by atoms with van der Waals surface area (Å²) in [6.45, 7) is 2.49. The standard InChI is InChI=1S/C18H25ClN4O4/c1-2-3-4-5-10-26-18(25)21-15-13-8-9-23(16(13)22-17(19)20-15)14-7-6-12(11-24)27-14/h8-9,12,14,24H,2-7,10-11H2,1H3,(H,20,21,22,25)/t12-,14+/m0/s1. The first kappa shape index (κ1) is 19.9. The number of nitrogens with one attached hydrogen (secondary N) is 1. The Hall–Kier alpha value is -1.90. The van der Waals surface area contributed by atoms with Crippen LogP contribution in [0.1, 0.15) is 51.7 Å². The number of rotatable bonds is 8. The molecule has 0 aromatic carbocycles. The Morgan fingerprint density at radius 2 is 2.26 bits per heavy atom. The summed E-state index contributed by atoms with van der Waals surface area (Å²) in [4.78, 5) is 20.4. The zero-order valence-corrected chi connectivity index (χ0v) is 16.1. The van der Waals surface area contributed by atoms with Crippen LogP contribution in [-0.4, -0.2) is 45.1 Å². The second kappa shape index (κ2) is 9.34. The van der Waals surface area contributed by atoms with Gasteiger partial charge in [-0.1, -0.05) is 26.2 Å². The van der Waals surface area contributed by atoms with E-state index in [1.54, 1.807) is 6.07 Å². The molecule has 1 aliphatic heterocycles.